The van der Waals surface area contributed by atoms with E-state index in [0.717, 1.165) is 37.0 Å². The molecular weight excluding hydrogens is 266 g/mol. The number of amides is 1. The number of carbonyl (C=O) groups excluding carboxylic acids is 1. The second-order valence-electron chi connectivity index (χ2n) is 7.31. The average molecular weight is 289 g/mol. The van der Waals surface area contributed by atoms with Crippen molar-refractivity contribution in [1.29, 1.82) is 0 Å². The number of rotatable bonds is 4. The molecule has 5 heteroatoms. The van der Waals surface area contributed by atoms with Crippen molar-refractivity contribution in [3.8, 4) is 0 Å². The zero-order valence-corrected chi connectivity index (χ0v) is 12.5. The second kappa shape index (κ2) is 4.83. The number of nitrogens with one attached hydrogen (secondary N) is 2. The van der Waals surface area contributed by atoms with Crippen molar-refractivity contribution in [2.75, 3.05) is 7.05 Å². The third kappa shape index (κ3) is 2.37. The van der Waals surface area contributed by atoms with Gasteiger partial charge in [-0.05, 0) is 63.3 Å². The fraction of sp³-hybridized carbons (Fsp3) is 0.750. The van der Waals surface area contributed by atoms with Crippen LogP contribution in [0.25, 0.3) is 0 Å². The van der Waals surface area contributed by atoms with Gasteiger partial charge in [-0.15, -0.1) is 0 Å². The molecule has 1 amide bonds. The van der Waals surface area contributed by atoms with Crippen molar-refractivity contribution in [2.45, 2.75) is 50.6 Å². The molecule has 114 valence electrons. The molecule has 0 saturated heterocycles. The normalized spacial score (nSPS) is 36.9. The molecule has 1 aromatic rings. The minimum atomic E-state index is -0.0666. The van der Waals surface area contributed by atoms with E-state index in [1.54, 1.807) is 0 Å². The van der Waals surface area contributed by atoms with Gasteiger partial charge in [0, 0.05) is 5.54 Å². The zero-order chi connectivity index (χ0) is 14.4. The Hall–Kier alpha value is -1.36. The van der Waals surface area contributed by atoms with Crippen LogP contribution in [0.4, 0.5) is 0 Å². The lowest BCUT2D eigenvalue weighted by Gasteiger charge is -2.56. The quantitative estimate of drug-likeness (QED) is 0.890. The first-order valence-electron chi connectivity index (χ1n) is 8.07. The maximum atomic E-state index is 12.5. The average Bonchev–Trinajstić information content (AvgIpc) is 2.85. The largest absolute Gasteiger partial charge is 0.447 e. The van der Waals surface area contributed by atoms with Crippen molar-refractivity contribution < 1.29 is 9.21 Å². The molecule has 2 N–H and O–H groups in total. The van der Waals surface area contributed by atoms with Gasteiger partial charge >= 0.3 is 0 Å². The molecule has 4 fully saturated rings. The summed E-state index contributed by atoms with van der Waals surface area (Å²) in [6.07, 6.45) is 9.09. The molecule has 0 aliphatic heterocycles. The molecular formula is C16H23N3O2. The monoisotopic (exact) mass is 289 g/mol. The van der Waals surface area contributed by atoms with Crippen molar-refractivity contribution >= 4 is 5.91 Å². The molecule has 1 heterocycles. The van der Waals surface area contributed by atoms with E-state index in [-0.39, 0.29) is 11.4 Å². The van der Waals surface area contributed by atoms with Crippen LogP contribution in [0.15, 0.2) is 10.7 Å². The Kier molecular flexibility index (Phi) is 3.06. The number of aromatic nitrogens is 1. The smallest absolute Gasteiger partial charge is 0.273 e. The lowest BCUT2D eigenvalue weighted by molar-refractivity contribution is -0.0167. The number of carbonyl (C=O) groups is 1. The first-order chi connectivity index (χ1) is 10.2. The lowest BCUT2D eigenvalue weighted by atomic mass is 9.53. The topological polar surface area (TPSA) is 67.2 Å². The fourth-order valence-corrected chi connectivity index (χ4v) is 5.22. The fourth-order valence-electron chi connectivity index (χ4n) is 5.22. The molecule has 4 aliphatic carbocycles. The van der Waals surface area contributed by atoms with Gasteiger partial charge in [-0.25, -0.2) is 4.98 Å². The Balaban J connectivity index is 1.48. The number of oxazole rings is 1. The van der Waals surface area contributed by atoms with Gasteiger partial charge in [0.1, 0.15) is 6.26 Å². The van der Waals surface area contributed by atoms with E-state index in [4.69, 9.17) is 4.42 Å². The van der Waals surface area contributed by atoms with Gasteiger partial charge < -0.3 is 15.1 Å². The standard InChI is InChI=1S/C16H23N3O2/c1-17-8-14-18-13(9-21-14)15(20)19-16-5-10-2-11(6-16)4-12(3-10)7-16/h9-12,17H,2-8H2,1H3,(H,19,20). The van der Waals surface area contributed by atoms with Gasteiger partial charge in [-0.1, -0.05) is 0 Å². The molecule has 0 atom stereocenters. The Morgan fingerprint density at radius 2 is 1.90 bits per heavy atom. The van der Waals surface area contributed by atoms with E-state index in [0.29, 0.717) is 18.1 Å². The molecule has 0 radical (unpaired) electrons. The highest BCUT2D eigenvalue weighted by Gasteiger charge is 2.51. The van der Waals surface area contributed by atoms with Gasteiger partial charge in [0.25, 0.3) is 5.91 Å². The Morgan fingerprint density at radius 1 is 1.29 bits per heavy atom. The van der Waals surface area contributed by atoms with Crippen LogP contribution in [0.2, 0.25) is 0 Å². The third-order valence-corrected chi connectivity index (χ3v) is 5.53. The predicted octanol–water partition coefficient (Wildman–Crippen LogP) is 2.09. The minimum Gasteiger partial charge on any atom is -0.447 e. The minimum absolute atomic E-state index is 0.0357. The van der Waals surface area contributed by atoms with E-state index in [9.17, 15) is 4.79 Å². The van der Waals surface area contributed by atoms with E-state index < -0.39 is 0 Å². The summed E-state index contributed by atoms with van der Waals surface area (Å²) in [6.45, 7) is 0.546. The summed E-state index contributed by atoms with van der Waals surface area (Å²) in [5, 5.41) is 6.29. The zero-order valence-electron chi connectivity index (χ0n) is 12.5. The first kappa shape index (κ1) is 13.3. The highest BCUT2D eigenvalue weighted by atomic mass is 16.3. The maximum Gasteiger partial charge on any atom is 0.273 e. The van der Waals surface area contributed by atoms with Crippen molar-refractivity contribution in [3.63, 3.8) is 0 Å². The number of hydrogen-bond acceptors (Lipinski definition) is 4. The molecule has 0 spiro atoms. The SMILES string of the molecule is CNCc1nc(C(=O)NC23CC4CC(CC(C4)C2)C3)co1. The van der Waals surface area contributed by atoms with Crippen molar-refractivity contribution in [1.82, 2.24) is 15.6 Å². The van der Waals surface area contributed by atoms with Crippen LogP contribution < -0.4 is 10.6 Å². The maximum absolute atomic E-state index is 12.5. The molecule has 5 rings (SSSR count). The number of hydrogen-bond donors (Lipinski definition) is 2. The van der Waals surface area contributed by atoms with Crippen LogP contribution in [0.5, 0.6) is 0 Å². The van der Waals surface area contributed by atoms with Gasteiger partial charge in [-0.3, -0.25) is 4.79 Å². The molecule has 1 aromatic heterocycles. The Bertz CT molecular complexity index is 516. The Labute approximate surface area is 124 Å². The summed E-state index contributed by atoms with van der Waals surface area (Å²) in [5.74, 6) is 2.98. The summed E-state index contributed by atoms with van der Waals surface area (Å²) < 4.78 is 5.31. The summed E-state index contributed by atoms with van der Waals surface area (Å²) in [4.78, 5) is 16.7. The number of nitrogens with zero attached hydrogens (tertiary/aromatic N) is 1. The van der Waals surface area contributed by atoms with Gasteiger partial charge in [-0.2, -0.15) is 0 Å². The second-order valence-corrected chi connectivity index (χ2v) is 7.31. The molecule has 0 aromatic carbocycles. The summed E-state index contributed by atoms with van der Waals surface area (Å²) >= 11 is 0. The first-order valence-corrected chi connectivity index (χ1v) is 8.07. The highest BCUT2D eigenvalue weighted by Crippen LogP contribution is 2.55. The van der Waals surface area contributed by atoms with Crippen molar-refractivity contribution in [2.24, 2.45) is 17.8 Å². The van der Waals surface area contributed by atoms with Gasteiger partial charge in [0.15, 0.2) is 5.69 Å². The molecule has 0 unspecified atom stereocenters. The predicted molar refractivity (Wildman–Crippen MR) is 77.6 cm³/mol. The van der Waals surface area contributed by atoms with Crippen LogP contribution >= 0.6 is 0 Å². The molecule has 4 bridgehead atoms. The summed E-state index contributed by atoms with van der Waals surface area (Å²) in [7, 11) is 1.83. The van der Waals surface area contributed by atoms with E-state index in [1.807, 2.05) is 7.05 Å². The molecule has 21 heavy (non-hydrogen) atoms. The molecule has 4 saturated carbocycles. The lowest BCUT2D eigenvalue weighted by Crippen LogP contribution is -2.59. The highest BCUT2D eigenvalue weighted by molar-refractivity contribution is 5.92. The van der Waals surface area contributed by atoms with E-state index in [2.05, 4.69) is 15.6 Å². The summed E-state index contributed by atoms with van der Waals surface area (Å²) in [6, 6.07) is 0. The molecule has 5 nitrogen and oxygen atoms in total. The Morgan fingerprint density at radius 3 is 2.48 bits per heavy atom. The van der Waals surface area contributed by atoms with Crippen LogP contribution in [0.1, 0.15) is 54.9 Å². The summed E-state index contributed by atoms with van der Waals surface area (Å²) in [5.41, 5.74) is 0.449. The third-order valence-electron chi connectivity index (χ3n) is 5.53. The van der Waals surface area contributed by atoms with Crippen molar-refractivity contribution in [3.05, 3.63) is 17.8 Å². The van der Waals surface area contributed by atoms with Crippen LogP contribution in [-0.4, -0.2) is 23.5 Å². The van der Waals surface area contributed by atoms with Crippen LogP contribution in [0, 0.1) is 17.8 Å². The molecule has 4 aliphatic rings. The van der Waals surface area contributed by atoms with Crippen LogP contribution in [0.3, 0.4) is 0 Å². The van der Waals surface area contributed by atoms with E-state index in [1.165, 1.54) is 25.5 Å². The van der Waals surface area contributed by atoms with Gasteiger partial charge in [0.2, 0.25) is 5.89 Å². The van der Waals surface area contributed by atoms with Gasteiger partial charge in [0.05, 0.1) is 6.54 Å². The van der Waals surface area contributed by atoms with Crippen LogP contribution in [-0.2, 0) is 6.54 Å². The van der Waals surface area contributed by atoms with E-state index >= 15 is 0 Å².